The van der Waals surface area contributed by atoms with Crippen molar-refractivity contribution in [2.24, 2.45) is 11.7 Å². The van der Waals surface area contributed by atoms with Crippen molar-refractivity contribution in [1.82, 2.24) is 9.55 Å². The van der Waals surface area contributed by atoms with Crippen LogP contribution in [-0.2, 0) is 5.54 Å². The fourth-order valence-electron chi connectivity index (χ4n) is 2.27. The second-order valence-corrected chi connectivity index (χ2v) is 6.23. The molecule has 0 saturated heterocycles. The zero-order valence-corrected chi connectivity index (χ0v) is 11.9. The van der Waals surface area contributed by atoms with E-state index in [-0.39, 0.29) is 11.6 Å². The molecule has 3 nitrogen and oxygen atoms in total. The van der Waals surface area contributed by atoms with E-state index in [1.54, 1.807) is 0 Å². The number of aromatic nitrogens is 2. The van der Waals surface area contributed by atoms with Crippen LogP contribution in [-0.4, -0.2) is 9.55 Å². The zero-order chi connectivity index (χ0) is 13.5. The fourth-order valence-corrected chi connectivity index (χ4v) is 2.27. The Bertz CT molecular complexity index is 546. The largest absolute Gasteiger partial charge is 0.321 e. The molecule has 0 bridgehead atoms. The third kappa shape index (κ3) is 2.15. The van der Waals surface area contributed by atoms with E-state index >= 15 is 0 Å². The van der Waals surface area contributed by atoms with E-state index in [4.69, 9.17) is 10.7 Å². The Morgan fingerprint density at radius 2 is 1.78 bits per heavy atom. The van der Waals surface area contributed by atoms with E-state index in [1.165, 1.54) is 0 Å². The van der Waals surface area contributed by atoms with Gasteiger partial charge < -0.3 is 10.3 Å². The van der Waals surface area contributed by atoms with Gasteiger partial charge in [-0.1, -0.05) is 26.0 Å². The highest BCUT2D eigenvalue weighted by Crippen LogP contribution is 2.29. The van der Waals surface area contributed by atoms with Crippen LogP contribution in [0.1, 0.15) is 46.5 Å². The summed E-state index contributed by atoms with van der Waals surface area (Å²) in [6, 6.07) is 8.21. The molecule has 98 valence electrons. The second-order valence-electron chi connectivity index (χ2n) is 6.23. The molecule has 0 amide bonds. The van der Waals surface area contributed by atoms with Crippen LogP contribution in [0.2, 0.25) is 0 Å². The molecule has 1 aromatic carbocycles. The third-order valence-electron chi connectivity index (χ3n) is 3.27. The summed E-state index contributed by atoms with van der Waals surface area (Å²) in [6.45, 7) is 10.8. The fraction of sp³-hybridized carbons (Fsp3) is 0.533. The standard InChI is InChI=1S/C15H23N3/c1-10(2)13(16)14-17-11-8-6-7-9-12(11)18(14)15(3,4)5/h6-10,13H,16H2,1-5H3. The minimum Gasteiger partial charge on any atom is -0.321 e. The van der Waals surface area contributed by atoms with Crippen LogP contribution < -0.4 is 5.73 Å². The molecule has 1 unspecified atom stereocenters. The minimum absolute atomic E-state index is 0.0159. The monoisotopic (exact) mass is 245 g/mol. The van der Waals surface area contributed by atoms with Crippen LogP contribution in [0.5, 0.6) is 0 Å². The number of imidazole rings is 1. The number of fused-ring (bicyclic) bond motifs is 1. The van der Waals surface area contributed by atoms with Crippen molar-refractivity contribution in [1.29, 1.82) is 0 Å². The van der Waals surface area contributed by atoms with E-state index in [0.29, 0.717) is 5.92 Å². The number of para-hydroxylation sites is 2. The van der Waals surface area contributed by atoms with Crippen LogP contribution in [0.15, 0.2) is 24.3 Å². The molecule has 0 aliphatic heterocycles. The molecular weight excluding hydrogens is 222 g/mol. The summed E-state index contributed by atoms with van der Waals surface area (Å²) < 4.78 is 2.27. The number of hydrogen-bond donors (Lipinski definition) is 1. The lowest BCUT2D eigenvalue weighted by Gasteiger charge is -2.27. The molecule has 2 N–H and O–H groups in total. The molecule has 2 rings (SSSR count). The molecule has 0 aliphatic rings. The topological polar surface area (TPSA) is 43.8 Å². The van der Waals surface area contributed by atoms with Crippen LogP contribution in [0, 0.1) is 5.92 Å². The van der Waals surface area contributed by atoms with Gasteiger partial charge in [0.2, 0.25) is 0 Å². The first-order valence-electron chi connectivity index (χ1n) is 6.56. The van der Waals surface area contributed by atoms with Gasteiger partial charge in [0.25, 0.3) is 0 Å². The maximum atomic E-state index is 6.32. The first kappa shape index (κ1) is 13.1. The predicted molar refractivity (Wildman–Crippen MR) is 76.5 cm³/mol. The van der Waals surface area contributed by atoms with Gasteiger partial charge >= 0.3 is 0 Å². The minimum atomic E-state index is -0.0309. The normalized spacial score (nSPS) is 14.4. The Morgan fingerprint density at radius 3 is 2.33 bits per heavy atom. The molecule has 0 radical (unpaired) electrons. The number of rotatable bonds is 2. The summed E-state index contributed by atoms with van der Waals surface area (Å²) in [6.07, 6.45) is 0. The van der Waals surface area contributed by atoms with Gasteiger partial charge in [-0.2, -0.15) is 0 Å². The first-order valence-corrected chi connectivity index (χ1v) is 6.56. The van der Waals surface area contributed by atoms with Gasteiger partial charge in [0.05, 0.1) is 17.1 Å². The number of nitrogens with two attached hydrogens (primary N) is 1. The zero-order valence-electron chi connectivity index (χ0n) is 11.9. The lowest BCUT2D eigenvalue weighted by molar-refractivity contribution is 0.364. The van der Waals surface area contributed by atoms with Gasteiger partial charge in [0, 0.05) is 5.54 Å². The van der Waals surface area contributed by atoms with Crippen molar-refractivity contribution in [3.63, 3.8) is 0 Å². The van der Waals surface area contributed by atoms with Crippen LogP contribution in [0.25, 0.3) is 11.0 Å². The number of hydrogen-bond acceptors (Lipinski definition) is 2. The Labute approximate surface area is 109 Å². The maximum absolute atomic E-state index is 6.32. The van der Waals surface area contributed by atoms with Gasteiger partial charge in [-0.15, -0.1) is 0 Å². The van der Waals surface area contributed by atoms with Crippen LogP contribution in [0.3, 0.4) is 0 Å². The molecule has 0 fully saturated rings. The van der Waals surface area contributed by atoms with Crippen LogP contribution >= 0.6 is 0 Å². The summed E-state index contributed by atoms with van der Waals surface area (Å²) in [5.41, 5.74) is 8.49. The summed E-state index contributed by atoms with van der Waals surface area (Å²) in [7, 11) is 0. The van der Waals surface area contributed by atoms with Gasteiger partial charge in [0.15, 0.2) is 0 Å². The van der Waals surface area contributed by atoms with Crippen molar-refractivity contribution in [3.05, 3.63) is 30.1 Å². The Balaban J connectivity index is 2.72. The summed E-state index contributed by atoms with van der Waals surface area (Å²) in [5.74, 6) is 1.36. The van der Waals surface area contributed by atoms with Gasteiger partial charge in [-0.25, -0.2) is 4.98 Å². The van der Waals surface area contributed by atoms with Gasteiger partial charge in [-0.3, -0.25) is 0 Å². The van der Waals surface area contributed by atoms with Crippen molar-refractivity contribution in [3.8, 4) is 0 Å². The van der Waals surface area contributed by atoms with E-state index in [1.807, 2.05) is 12.1 Å². The third-order valence-corrected chi connectivity index (χ3v) is 3.27. The molecule has 0 spiro atoms. The van der Waals surface area contributed by atoms with Gasteiger partial charge in [0.1, 0.15) is 5.82 Å². The average Bonchev–Trinajstić information content (AvgIpc) is 2.66. The van der Waals surface area contributed by atoms with Crippen molar-refractivity contribution >= 4 is 11.0 Å². The number of nitrogens with zero attached hydrogens (tertiary/aromatic N) is 2. The van der Waals surface area contributed by atoms with Crippen molar-refractivity contribution < 1.29 is 0 Å². The quantitative estimate of drug-likeness (QED) is 0.880. The molecule has 1 atom stereocenters. The summed E-state index contributed by atoms with van der Waals surface area (Å²) in [4.78, 5) is 4.74. The highest BCUT2D eigenvalue weighted by atomic mass is 15.1. The molecule has 1 aromatic heterocycles. The van der Waals surface area contributed by atoms with E-state index in [2.05, 4.69) is 51.3 Å². The molecule has 1 heterocycles. The summed E-state index contributed by atoms with van der Waals surface area (Å²) in [5, 5.41) is 0. The molecule has 0 aliphatic carbocycles. The van der Waals surface area contributed by atoms with E-state index < -0.39 is 0 Å². The lowest BCUT2D eigenvalue weighted by atomic mass is 10.0. The predicted octanol–water partition coefficient (Wildman–Crippen LogP) is 3.45. The van der Waals surface area contributed by atoms with Crippen molar-refractivity contribution in [2.75, 3.05) is 0 Å². The SMILES string of the molecule is CC(C)C(N)c1nc2ccccc2n1C(C)(C)C. The van der Waals surface area contributed by atoms with Gasteiger partial charge in [-0.05, 0) is 38.8 Å². The van der Waals surface area contributed by atoms with E-state index in [9.17, 15) is 0 Å². The smallest absolute Gasteiger partial charge is 0.127 e. The van der Waals surface area contributed by atoms with Crippen LogP contribution in [0.4, 0.5) is 0 Å². The number of benzene rings is 1. The molecule has 0 saturated carbocycles. The molecule has 2 aromatic rings. The molecular formula is C15H23N3. The lowest BCUT2D eigenvalue weighted by Crippen LogP contribution is -2.29. The van der Waals surface area contributed by atoms with E-state index in [0.717, 1.165) is 16.9 Å². The second kappa shape index (κ2) is 4.39. The Morgan fingerprint density at radius 1 is 1.17 bits per heavy atom. The van der Waals surface area contributed by atoms with Crippen molar-refractivity contribution in [2.45, 2.75) is 46.2 Å². The Kier molecular flexibility index (Phi) is 3.20. The highest BCUT2D eigenvalue weighted by Gasteiger charge is 2.25. The molecule has 3 heteroatoms. The highest BCUT2D eigenvalue weighted by molar-refractivity contribution is 5.76. The Hall–Kier alpha value is -1.35. The first-order chi connectivity index (χ1) is 8.32. The summed E-state index contributed by atoms with van der Waals surface area (Å²) >= 11 is 0. The average molecular weight is 245 g/mol. The maximum Gasteiger partial charge on any atom is 0.127 e. The molecule has 18 heavy (non-hydrogen) atoms.